The summed E-state index contributed by atoms with van der Waals surface area (Å²) in [6, 6.07) is 4.27. The third-order valence-corrected chi connectivity index (χ3v) is 4.41. The molecule has 102 valence electrons. The maximum absolute atomic E-state index is 11.4. The van der Waals surface area contributed by atoms with Gasteiger partial charge in [0.2, 0.25) is 0 Å². The molecule has 0 bridgehead atoms. The molecule has 1 aromatic rings. The average molecular weight is 269 g/mol. The van der Waals surface area contributed by atoms with Gasteiger partial charge in [-0.3, -0.25) is 15.1 Å². The van der Waals surface area contributed by atoms with Crippen LogP contribution in [0.4, 0.5) is 0 Å². The van der Waals surface area contributed by atoms with Gasteiger partial charge in [0.15, 0.2) is 0 Å². The van der Waals surface area contributed by atoms with Crippen LogP contribution in [0.2, 0.25) is 0 Å². The van der Waals surface area contributed by atoms with E-state index in [1.807, 2.05) is 12.1 Å². The highest BCUT2D eigenvalue weighted by Crippen LogP contribution is 2.25. The van der Waals surface area contributed by atoms with Crippen LogP contribution in [0.5, 0.6) is 0 Å². The van der Waals surface area contributed by atoms with E-state index in [1.165, 1.54) is 16.2 Å². The minimum Gasteiger partial charge on any atom is -0.298 e. The third kappa shape index (κ3) is 3.80. The van der Waals surface area contributed by atoms with E-state index in [0.29, 0.717) is 10.9 Å². The number of carbonyl (C=O) groups is 1. The number of nitrogens with one attached hydrogen (secondary N) is 1. The molecule has 0 aliphatic heterocycles. The maximum Gasteiger partial charge on any atom is 0.275 e. The molecule has 18 heavy (non-hydrogen) atoms. The monoisotopic (exact) mass is 269 g/mol. The molecule has 0 aromatic carbocycles. The van der Waals surface area contributed by atoms with Crippen molar-refractivity contribution in [3.63, 3.8) is 0 Å². The Labute approximate surface area is 113 Å². The number of carbonyl (C=O) groups excluding carboxylic acids is 1. The largest absolute Gasteiger partial charge is 0.298 e. The lowest BCUT2D eigenvalue weighted by atomic mass is 9.87. The zero-order valence-corrected chi connectivity index (χ0v) is 12.6. The van der Waals surface area contributed by atoms with Crippen molar-refractivity contribution in [3.8, 4) is 0 Å². The van der Waals surface area contributed by atoms with Gasteiger partial charge in [0, 0.05) is 17.5 Å². The Morgan fingerprint density at radius 3 is 2.61 bits per heavy atom. The Hall–Kier alpha value is -0.910. The van der Waals surface area contributed by atoms with Crippen molar-refractivity contribution in [2.24, 2.45) is 11.3 Å². The van der Waals surface area contributed by atoms with E-state index in [2.05, 4.69) is 45.1 Å². The molecule has 1 rings (SSSR count). The molecule has 1 heterocycles. The van der Waals surface area contributed by atoms with Gasteiger partial charge < -0.3 is 0 Å². The molecule has 0 fully saturated rings. The van der Waals surface area contributed by atoms with Gasteiger partial charge >= 0.3 is 0 Å². The lowest BCUT2D eigenvalue weighted by Crippen LogP contribution is -2.38. The van der Waals surface area contributed by atoms with Gasteiger partial charge in [0.05, 0.1) is 4.88 Å². The van der Waals surface area contributed by atoms with E-state index < -0.39 is 0 Å². The van der Waals surface area contributed by atoms with Crippen molar-refractivity contribution >= 4 is 17.2 Å². The second-order valence-electron chi connectivity index (χ2n) is 5.70. The second kappa shape index (κ2) is 5.82. The van der Waals surface area contributed by atoms with Crippen LogP contribution in [0, 0.1) is 5.41 Å². The van der Waals surface area contributed by atoms with Crippen LogP contribution < -0.4 is 11.3 Å². The van der Waals surface area contributed by atoms with Crippen molar-refractivity contribution in [1.29, 1.82) is 0 Å². The molecule has 5 heteroatoms. The van der Waals surface area contributed by atoms with Crippen LogP contribution in [0.15, 0.2) is 12.1 Å². The first kappa shape index (κ1) is 15.1. The fourth-order valence-corrected chi connectivity index (χ4v) is 2.67. The lowest BCUT2D eigenvalue weighted by molar-refractivity contribution is 0.0957. The van der Waals surface area contributed by atoms with E-state index in [0.717, 1.165) is 6.54 Å². The van der Waals surface area contributed by atoms with Gasteiger partial charge in [-0.05, 0) is 31.5 Å². The van der Waals surface area contributed by atoms with Crippen LogP contribution in [0.3, 0.4) is 0 Å². The molecule has 0 saturated carbocycles. The summed E-state index contributed by atoms with van der Waals surface area (Å²) in [5.74, 6) is 4.89. The van der Waals surface area contributed by atoms with Crippen molar-refractivity contribution in [3.05, 3.63) is 21.9 Å². The Balaban J connectivity index is 2.68. The first-order chi connectivity index (χ1) is 8.25. The van der Waals surface area contributed by atoms with Crippen molar-refractivity contribution < 1.29 is 4.79 Å². The van der Waals surface area contributed by atoms with Crippen LogP contribution in [0.1, 0.15) is 42.2 Å². The number of hydrogen-bond acceptors (Lipinski definition) is 4. The Kier molecular flexibility index (Phi) is 4.90. The molecule has 1 unspecified atom stereocenters. The minimum absolute atomic E-state index is 0.224. The van der Waals surface area contributed by atoms with E-state index >= 15 is 0 Å². The smallest absolute Gasteiger partial charge is 0.275 e. The highest BCUT2D eigenvalue weighted by atomic mass is 32.1. The predicted molar refractivity (Wildman–Crippen MR) is 76.4 cm³/mol. The van der Waals surface area contributed by atoms with E-state index in [9.17, 15) is 4.79 Å². The first-order valence-corrected chi connectivity index (χ1v) is 6.87. The van der Waals surface area contributed by atoms with Gasteiger partial charge in [0.1, 0.15) is 0 Å². The van der Waals surface area contributed by atoms with E-state index in [4.69, 9.17) is 5.84 Å². The van der Waals surface area contributed by atoms with Crippen molar-refractivity contribution in [1.82, 2.24) is 10.3 Å². The Morgan fingerprint density at radius 1 is 1.50 bits per heavy atom. The summed E-state index contributed by atoms with van der Waals surface area (Å²) in [4.78, 5) is 15.5. The van der Waals surface area contributed by atoms with Crippen LogP contribution >= 0.6 is 11.3 Å². The fraction of sp³-hybridized carbons (Fsp3) is 0.615. The fourth-order valence-electron chi connectivity index (χ4n) is 1.70. The Bertz CT molecular complexity index is 409. The summed E-state index contributed by atoms with van der Waals surface area (Å²) < 4.78 is 0. The number of nitrogens with two attached hydrogens (primary N) is 1. The molecular formula is C13H23N3OS. The first-order valence-electron chi connectivity index (χ1n) is 6.05. The summed E-state index contributed by atoms with van der Waals surface area (Å²) in [7, 11) is 2.11. The molecule has 1 amide bonds. The van der Waals surface area contributed by atoms with Gasteiger partial charge in [-0.25, -0.2) is 5.84 Å². The molecule has 1 aromatic heterocycles. The summed E-state index contributed by atoms with van der Waals surface area (Å²) in [5, 5.41) is 0. The third-order valence-electron chi connectivity index (χ3n) is 3.34. The van der Waals surface area contributed by atoms with Crippen molar-refractivity contribution in [2.45, 2.75) is 40.3 Å². The molecule has 0 spiro atoms. The molecule has 0 radical (unpaired) electrons. The molecule has 4 nitrogen and oxygen atoms in total. The summed E-state index contributed by atoms with van der Waals surface area (Å²) in [5.41, 5.74) is 2.39. The summed E-state index contributed by atoms with van der Waals surface area (Å²) in [6.07, 6.45) is 0. The molecule has 1 atom stereocenters. The number of hydrogen-bond donors (Lipinski definition) is 2. The number of rotatable bonds is 4. The predicted octanol–water partition coefficient (Wildman–Crippen LogP) is 2.22. The standard InChI is InChI=1S/C13H23N3OS/c1-9(13(2,3)4)16(5)8-10-6-7-11(18-10)12(17)15-14/h6-7,9H,8,14H2,1-5H3,(H,15,17). The summed E-state index contributed by atoms with van der Waals surface area (Å²) >= 11 is 1.49. The topological polar surface area (TPSA) is 58.4 Å². The number of nitrogens with zero attached hydrogens (tertiary/aromatic N) is 1. The van der Waals surface area contributed by atoms with Crippen LogP contribution in [-0.2, 0) is 6.54 Å². The molecule has 0 aliphatic rings. The molecule has 0 saturated heterocycles. The Morgan fingerprint density at radius 2 is 2.11 bits per heavy atom. The van der Waals surface area contributed by atoms with Gasteiger partial charge in [0.25, 0.3) is 5.91 Å². The highest BCUT2D eigenvalue weighted by Gasteiger charge is 2.24. The van der Waals surface area contributed by atoms with Gasteiger partial charge in [-0.2, -0.15) is 0 Å². The zero-order chi connectivity index (χ0) is 13.9. The quantitative estimate of drug-likeness (QED) is 0.500. The number of amides is 1. The van der Waals surface area contributed by atoms with Gasteiger partial charge in [-0.1, -0.05) is 20.8 Å². The number of nitrogen functional groups attached to an aromatic ring is 1. The molecule has 0 aliphatic carbocycles. The van der Waals surface area contributed by atoms with Crippen LogP contribution in [-0.4, -0.2) is 23.9 Å². The van der Waals surface area contributed by atoms with Crippen LogP contribution in [0.25, 0.3) is 0 Å². The molecule has 3 N–H and O–H groups in total. The SMILES string of the molecule is CC(N(C)Cc1ccc(C(=O)NN)s1)C(C)(C)C. The highest BCUT2D eigenvalue weighted by molar-refractivity contribution is 7.14. The maximum atomic E-state index is 11.4. The second-order valence-corrected chi connectivity index (χ2v) is 6.86. The average Bonchev–Trinajstić information content (AvgIpc) is 2.74. The van der Waals surface area contributed by atoms with Gasteiger partial charge in [-0.15, -0.1) is 11.3 Å². The normalized spacial score (nSPS) is 13.7. The van der Waals surface area contributed by atoms with E-state index in [1.54, 1.807) is 0 Å². The number of hydrazine groups is 1. The van der Waals surface area contributed by atoms with E-state index in [-0.39, 0.29) is 11.3 Å². The lowest BCUT2D eigenvalue weighted by Gasteiger charge is -2.35. The van der Waals surface area contributed by atoms with Crippen molar-refractivity contribution in [2.75, 3.05) is 7.05 Å². The zero-order valence-electron chi connectivity index (χ0n) is 11.8. The number of thiophene rings is 1. The summed E-state index contributed by atoms with van der Waals surface area (Å²) in [6.45, 7) is 9.77. The minimum atomic E-state index is -0.224. The molecular weight excluding hydrogens is 246 g/mol.